The summed E-state index contributed by atoms with van der Waals surface area (Å²) in [6, 6.07) is 9.85. The van der Waals surface area contributed by atoms with Crippen molar-refractivity contribution < 1.29 is 61.5 Å². The van der Waals surface area contributed by atoms with Gasteiger partial charge in [-0.25, -0.2) is 0 Å². The van der Waals surface area contributed by atoms with E-state index in [9.17, 15) is 52.7 Å². The molecule has 2 aliphatic heterocycles. The van der Waals surface area contributed by atoms with E-state index in [1.807, 2.05) is 0 Å². The standard InChI is InChI=1S/2C15H18F6OSi/c2*1-9(2)23(10(3)4)12-8-6-5-7-11(12)13(22-23,14(16,17)18)15(19,20)21/h2*5-10H,1-4H3. The van der Waals surface area contributed by atoms with Crippen LogP contribution >= 0.6 is 0 Å². The number of benzene rings is 2. The van der Waals surface area contributed by atoms with Crippen molar-refractivity contribution in [1.29, 1.82) is 0 Å². The first-order valence-electron chi connectivity index (χ1n) is 14.5. The number of hydrogen-bond donors (Lipinski definition) is 0. The molecule has 0 N–H and O–H groups in total. The van der Waals surface area contributed by atoms with Gasteiger partial charge in [-0.05, 0) is 32.5 Å². The summed E-state index contributed by atoms with van der Waals surface area (Å²) >= 11 is 0. The van der Waals surface area contributed by atoms with Gasteiger partial charge >= 0.3 is 24.7 Å². The average Bonchev–Trinajstić information content (AvgIpc) is 3.41. The molecular formula is C30H36F12O2Si2. The molecule has 2 aromatic rings. The molecule has 0 aliphatic carbocycles. The fourth-order valence-corrected chi connectivity index (χ4v) is 17.3. The van der Waals surface area contributed by atoms with Crippen LogP contribution in [-0.2, 0) is 20.1 Å². The molecule has 0 atom stereocenters. The van der Waals surface area contributed by atoms with Gasteiger partial charge in [0.15, 0.2) is 0 Å². The zero-order valence-corrected chi connectivity index (χ0v) is 28.3. The van der Waals surface area contributed by atoms with Crippen molar-refractivity contribution in [2.45, 2.75) is 113 Å². The zero-order chi connectivity index (χ0) is 35.7. The number of halogens is 12. The predicted octanol–water partition coefficient (Wildman–Crippen LogP) is 10.0. The van der Waals surface area contributed by atoms with Crippen molar-refractivity contribution in [3.63, 3.8) is 0 Å². The summed E-state index contributed by atoms with van der Waals surface area (Å²) in [6.45, 7) is 13.0. The van der Waals surface area contributed by atoms with Gasteiger partial charge < -0.3 is 8.85 Å². The number of hydrogen-bond acceptors (Lipinski definition) is 2. The summed E-state index contributed by atoms with van der Waals surface area (Å²) in [7, 11) is -7.01. The third-order valence-electron chi connectivity index (χ3n) is 9.13. The molecule has 0 saturated heterocycles. The van der Waals surface area contributed by atoms with E-state index in [-0.39, 0.29) is 10.4 Å². The molecule has 0 amide bonds. The summed E-state index contributed by atoms with van der Waals surface area (Å²) < 4.78 is 174. The molecule has 0 unspecified atom stereocenters. The lowest BCUT2D eigenvalue weighted by Gasteiger charge is -2.40. The molecular weight excluding hydrogens is 676 g/mol. The normalized spacial score (nSPS) is 20.2. The minimum absolute atomic E-state index is 0.0969. The van der Waals surface area contributed by atoms with Gasteiger partial charge in [-0.2, -0.15) is 52.7 Å². The Morgan fingerprint density at radius 3 is 0.848 bits per heavy atom. The Kier molecular flexibility index (Phi) is 9.87. The Bertz CT molecular complexity index is 1240. The van der Waals surface area contributed by atoms with Gasteiger partial charge in [0.25, 0.3) is 11.2 Å². The second kappa shape index (κ2) is 11.8. The first kappa shape index (κ1) is 38.4. The van der Waals surface area contributed by atoms with Crippen LogP contribution in [0.4, 0.5) is 52.7 Å². The van der Waals surface area contributed by atoms with Crippen LogP contribution in [0.1, 0.15) is 66.5 Å². The second-order valence-electron chi connectivity index (χ2n) is 12.9. The molecule has 0 bridgehead atoms. The van der Waals surface area contributed by atoms with Crippen LogP contribution in [0.5, 0.6) is 0 Å². The van der Waals surface area contributed by atoms with E-state index in [0.29, 0.717) is 0 Å². The predicted molar refractivity (Wildman–Crippen MR) is 154 cm³/mol. The maximum absolute atomic E-state index is 13.6. The van der Waals surface area contributed by atoms with E-state index in [2.05, 4.69) is 0 Å². The SMILES string of the molecule is CC(C)[Si]1(C(C)C)OC(C(F)(F)F)(C(F)(F)F)c2ccccc21.CC(C)[Si]1(C(C)C)OC(C(F)(F)F)(C(F)(F)F)c2ccccc21. The molecule has 0 spiro atoms. The van der Waals surface area contributed by atoms with Crippen LogP contribution < -0.4 is 10.4 Å². The van der Waals surface area contributed by atoms with Gasteiger partial charge in [0.2, 0.25) is 16.6 Å². The summed E-state index contributed by atoms with van der Waals surface area (Å²) in [5.74, 6) is 0. The first-order chi connectivity index (χ1) is 20.6. The lowest BCUT2D eigenvalue weighted by molar-refractivity contribution is -0.366. The molecule has 2 nitrogen and oxygen atoms in total. The van der Waals surface area contributed by atoms with Crippen molar-refractivity contribution in [3.8, 4) is 0 Å². The Labute approximate surface area is 261 Å². The minimum atomic E-state index is -5.58. The molecule has 4 rings (SSSR count). The fourth-order valence-electron chi connectivity index (χ4n) is 7.20. The summed E-state index contributed by atoms with van der Waals surface area (Å²) in [5.41, 5.74) is -11.8. The van der Waals surface area contributed by atoms with Crippen LogP contribution in [0.3, 0.4) is 0 Å². The van der Waals surface area contributed by atoms with Crippen LogP contribution in [0.15, 0.2) is 48.5 Å². The summed E-state index contributed by atoms with van der Waals surface area (Å²) in [6.07, 6.45) is -22.3. The molecule has 2 aromatic carbocycles. The van der Waals surface area contributed by atoms with Crippen LogP contribution in [0.25, 0.3) is 0 Å². The highest BCUT2D eigenvalue weighted by Crippen LogP contribution is 2.61. The van der Waals surface area contributed by atoms with Gasteiger partial charge in [-0.1, -0.05) is 104 Å². The highest BCUT2D eigenvalue weighted by atomic mass is 28.4. The molecule has 0 aromatic heterocycles. The Morgan fingerprint density at radius 2 is 0.652 bits per heavy atom. The van der Waals surface area contributed by atoms with Crippen molar-refractivity contribution >= 4 is 27.0 Å². The fraction of sp³-hybridized carbons (Fsp3) is 0.600. The maximum atomic E-state index is 13.6. The monoisotopic (exact) mass is 712 g/mol. The highest BCUT2D eigenvalue weighted by Gasteiger charge is 2.81. The molecule has 260 valence electrons. The Hall–Kier alpha value is -2.05. The lowest BCUT2D eigenvalue weighted by atomic mass is 9.92. The van der Waals surface area contributed by atoms with Crippen LogP contribution in [-0.4, -0.2) is 41.3 Å². The lowest BCUT2D eigenvalue weighted by Crippen LogP contribution is -2.59. The summed E-state index contributed by atoms with van der Waals surface area (Å²) in [5, 5.41) is 0.194. The van der Waals surface area contributed by atoms with Crippen molar-refractivity contribution in [1.82, 2.24) is 0 Å². The Balaban J connectivity index is 0.000000250. The largest absolute Gasteiger partial charge is 0.429 e. The Morgan fingerprint density at radius 1 is 0.435 bits per heavy atom. The number of rotatable bonds is 4. The van der Waals surface area contributed by atoms with Crippen LogP contribution in [0.2, 0.25) is 22.2 Å². The smallest absolute Gasteiger partial charge is 0.388 e. The topological polar surface area (TPSA) is 18.5 Å². The molecule has 2 heterocycles. The molecule has 0 saturated carbocycles. The molecule has 16 heteroatoms. The van der Waals surface area contributed by atoms with E-state index >= 15 is 0 Å². The van der Waals surface area contributed by atoms with Gasteiger partial charge in [0.05, 0.1) is 0 Å². The summed E-state index contributed by atoms with van der Waals surface area (Å²) in [4.78, 5) is 0. The van der Waals surface area contributed by atoms with Gasteiger partial charge in [-0.3, -0.25) is 0 Å². The van der Waals surface area contributed by atoms with E-state index in [1.54, 1.807) is 55.4 Å². The molecule has 2 aliphatic rings. The van der Waals surface area contributed by atoms with Gasteiger partial charge in [0, 0.05) is 11.1 Å². The number of fused-ring (bicyclic) bond motifs is 2. The van der Waals surface area contributed by atoms with E-state index in [0.717, 1.165) is 12.1 Å². The van der Waals surface area contributed by atoms with E-state index < -0.39 is 85.8 Å². The minimum Gasteiger partial charge on any atom is -0.388 e. The molecule has 46 heavy (non-hydrogen) atoms. The third-order valence-corrected chi connectivity index (χ3v) is 19.8. The quantitative estimate of drug-likeness (QED) is 0.232. The molecule has 0 fully saturated rings. The van der Waals surface area contributed by atoms with Crippen molar-refractivity contribution in [2.24, 2.45) is 0 Å². The maximum Gasteiger partial charge on any atom is 0.429 e. The van der Waals surface area contributed by atoms with Crippen molar-refractivity contribution in [2.75, 3.05) is 0 Å². The average molecular weight is 713 g/mol. The first-order valence-corrected chi connectivity index (χ1v) is 18.6. The molecule has 0 radical (unpaired) electrons. The van der Waals surface area contributed by atoms with Crippen molar-refractivity contribution in [3.05, 3.63) is 59.7 Å². The second-order valence-corrected chi connectivity index (χ2v) is 22.1. The van der Waals surface area contributed by atoms with Gasteiger partial charge in [-0.15, -0.1) is 0 Å². The van der Waals surface area contributed by atoms with E-state index in [1.165, 1.54) is 36.4 Å². The van der Waals surface area contributed by atoms with Gasteiger partial charge in [0.1, 0.15) is 0 Å². The van der Waals surface area contributed by atoms with Crippen LogP contribution in [0, 0.1) is 0 Å². The third kappa shape index (κ3) is 5.23. The number of alkyl halides is 12. The van der Waals surface area contributed by atoms with E-state index in [4.69, 9.17) is 8.85 Å². The zero-order valence-electron chi connectivity index (χ0n) is 26.3. The highest BCUT2D eigenvalue weighted by molar-refractivity contribution is 6.90.